The lowest BCUT2D eigenvalue weighted by molar-refractivity contribution is 0.0473. The standard InChI is InChI=1S/C15H29N3O2/c1-17-11-13(10-12-5-8-20-9-6-12)14-4-2-3-7-18(14)15(16)19/h12-14,17H,2-11H2,1H3,(H2,16,19). The largest absolute Gasteiger partial charge is 0.381 e. The average molecular weight is 283 g/mol. The highest BCUT2D eigenvalue weighted by Crippen LogP contribution is 2.30. The van der Waals surface area contributed by atoms with Gasteiger partial charge in [0.1, 0.15) is 0 Å². The van der Waals surface area contributed by atoms with E-state index >= 15 is 0 Å². The molecule has 2 heterocycles. The molecule has 0 saturated carbocycles. The molecule has 2 amide bonds. The van der Waals surface area contributed by atoms with Crippen molar-refractivity contribution in [2.75, 3.05) is 33.4 Å². The van der Waals surface area contributed by atoms with Gasteiger partial charge in [-0.2, -0.15) is 0 Å². The van der Waals surface area contributed by atoms with Crippen molar-refractivity contribution >= 4 is 6.03 Å². The van der Waals surface area contributed by atoms with Crippen molar-refractivity contribution in [3.05, 3.63) is 0 Å². The van der Waals surface area contributed by atoms with Gasteiger partial charge in [0, 0.05) is 25.8 Å². The van der Waals surface area contributed by atoms with Crippen molar-refractivity contribution in [2.24, 2.45) is 17.6 Å². The van der Waals surface area contributed by atoms with Crippen molar-refractivity contribution in [3.63, 3.8) is 0 Å². The average Bonchev–Trinajstić information content (AvgIpc) is 2.48. The van der Waals surface area contributed by atoms with E-state index in [1.165, 1.54) is 12.8 Å². The van der Waals surface area contributed by atoms with Gasteiger partial charge in [-0.3, -0.25) is 0 Å². The summed E-state index contributed by atoms with van der Waals surface area (Å²) >= 11 is 0. The molecule has 20 heavy (non-hydrogen) atoms. The van der Waals surface area contributed by atoms with Crippen molar-refractivity contribution in [3.8, 4) is 0 Å². The Balaban J connectivity index is 1.99. The van der Waals surface area contributed by atoms with Crippen LogP contribution >= 0.6 is 0 Å². The number of ether oxygens (including phenoxy) is 1. The zero-order chi connectivity index (χ0) is 14.4. The second-order valence-corrected chi connectivity index (χ2v) is 6.20. The highest BCUT2D eigenvalue weighted by molar-refractivity contribution is 5.72. The quantitative estimate of drug-likeness (QED) is 0.805. The van der Waals surface area contributed by atoms with Gasteiger partial charge < -0.3 is 20.7 Å². The second-order valence-electron chi connectivity index (χ2n) is 6.20. The van der Waals surface area contributed by atoms with Crippen LogP contribution in [-0.4, -0.2) is 50.3 Å². The third-order valence-electron chi connectivity index (χ3n) is 4.82. The van der Waals surface area contributed by atoms with E-state index in [9.17, 15) is 4.79 Å². The third kappa shape index (κ3) is 4.09. The summed E-state index contributed by atoms with van der Waals surface area (Å²) in [6, 6.07) is 0.0688. The van der Waals surface area contributed by atoms with E-state index in [1.54, 1.807) is 0 Å². The molecule has 2 saturated heterocycles. The Morgan fingerprint density at radius 2 is 2.10 bits per heavy atom. The molecule has 5 heteroatoms. The first-order valence-electron chi connectivity index (χ1n) is 8.00. The predicted molar refractivity (Wildman–Crippen MR) is 79.5 cm³/mol. The van der Waals surface area contributed by atoms with Gasteiger partial charge in [0.15, 0.2) is 0 Å². The summed E-state index contributed by atoms with van der Waals surface area (Å²) < 4.78 is 5.45. The number of carbonyl (C=O) groups excluding carboxylic acids is 1. The minimum Gasteiger partial charge on any atom is -0.381 e. The maximum Gasteiger partial charge on any atom is 0.315 e. The zero-order valence-electron chi connectivity index (χ0n) is 12.6. The molecule has 0 aliphatic carbocycles. The summed E-state index contributed by atoms with van der Waals surface area (Å²) in [6.45, 7) is 3.57. The third-order valence-corrected chi connectivity index (χ3v) is 4.82. The number of likely N-dealkylation sites (tertiary alicyclic amines) is 1. The molecule has 116 valence electrons. The van der Waals surface area contributed by atoms with Crippen LogP contribution in [0.2, 0.25) is 0 Å². The van der Waals surface area contributed by atoms with Crippen molar-refractivity contribution < 1.29 is 9.53 Å². The Hall–Kier alpha value is -0.810. The van der Waals surface area contributed by atoms with E-state index < -0.39 is 0 Å². The molecule has 0 radical (unpaired) electrons. The minimum atomic E-state index is -0.247. The number of primary amides is 1. The van der Waals surface area contributed by atoms with Crippen LogP contribution in [-0.2, 0) is 4.74 Å². The molecule has 0 aromatic carbocycles. The van der Waals surface area contributed by atoms with E-state index in [0.717, 1.165) is 57.9 Å². The molecule has 3 N–H and O–H groups in total. The Labute approximate surface area is 122 Å². The van der Waals surface area contributed by atoms with Crippen LogP contribution in [0.15, 0.2) is 0 Å². The lowest BCUT2D eigenvalue weighted by atomic mass is 9.81. The Bertz CT molecular complexity index is 305. The number of piperidine rings is 1. The van der Waals surface area contributed by atoms with Crippen molar-refractivity contribution in [1.82, 2.24) is 10.2 Å². The Morgan fingerprint density at radius 3 is 2.75 bits per heavy atom. The monoisotopic (exact) mass is 283 g/mol. The van der Waals surface area contributed by atoms with Crippen LogP contribution in [0.3, 0.4) is 0 Å². The Kier molecular flexibility index (Phi) is 6.10. The van der Waals surface area contributed by atoms with Gasteiger partial charge >= 0.3 is 6.03 Å². The number of urea groups is 1. The molecule has 2 rings (SSSR count). The van der Waals surface area contributed by atoms with Gasteiger partial charge in [0.25, 0.3) is 0 Å². The zero-order valence-corrected chi connectivity index (χ0v) is 12.6. The smallest absolute Gasteiger partial charge is 0.315 e. The molecule has 0 aromatic heterocycles. The molecule has 2 unspecified atom stereocenters. The highest BCUT2D eigenvalue weighted by Gasteiger charge is 2.33. The topological polar surface area (TPSA) is 67.6 Å². The fourth-order valence-electron chi connectivity index (χ4n) is 3.77. The summed E-state index contributed by atoms with van der Waals surface area (Å²) in [4.78, 5) is 13.6. The number of nitrogens with two attached hydrogens (primary N) is 1. The highest BCUT2D eigenvalue weighted by atomic mass is 16.5. The molecule has 0 bridgehead atoms. The SMILES string of the molecule is CNCC(CC1CCOCC1)C1CCCCN1C(N)=O. The summed E-state index contributed by atoms with van der Waals surface area (Å²) in [7, 11) is 1.99. The summed E-state index contributed by atoms with van der Waals surface area (Å²) in [6.07, 6.45) is 6.88. The number of hydrogen-bond donors (Lipinski definition) is 2. The van der Waals surface area contributed by atoms with Crippen molar-refractivity contribution in [2.45, 2.75) is 44.6 Å². The van der Waals surface area contributed by atoms with E-state index in [4.69, 9.17) is 10.5 Å². The summed E-state index contributed by atoms with van der Waals surface area (Å²) in [5, 5.41) is 3.30. The maximum absolute atomic E-state index is 11.7. The molecule has 2 atom stereocenters. The Morgan fingerprint density at radius 1 is 1.35 bits per heavy atom. The predicted octanol–water partition coefficient (Wildman–Crippen LogP) is 1.57. The molecule has 0 spiro atoms. The van der Waals surface area contributed by atoms with Gasteiger partial charge in [-0.05, 0) is 64.0 Å². The molecular weight excluding hydrogens is 254 g/mol. The van der Waals surface area contributed by atoms with E-state index in [2.05, 4.69) is 5.32 Å². The van der Waals surface area contributed by atoms with Crippen molar-refractivity contribution in [1.29, 1.82) is 0 Å². The van der Waals surface area contributed by atoms with E-state index in [-0.39, 0.29) is 6.03 Å². The molecule has 5 nitrogen and oxygen atoms in total. The van der Waals surface area contributed by atoms with Gasteiger partial charge in [-0.15, -0.1) is 0 Å². The van der Waals surface area contributed by atoms with E-state index in [1.807, 2.05) is 11.9 Å². The lowest BCUT2D eigenvalue weighted by Gasteiger charge is -2.41. The minimum absolute atomic E-state index is 0.247. The summed E-state index contributed by atoms with van der Waals surface area (Å²) in [5.74, 6) is 1.25. The van der Waals surface area contributed by atoms with Crippen LogP contribution in [0.5, 0.6) is 0 Å². The van der Waals surface area contributed by atoms with Gasteiger partial charge in [0.05, 0.1) is 0 Å². The first kappa shape index (κ1) is 15.6. The molecule has 2 aliphatic heterocycles. The molecule has 0 aromatic rings. The maximum atomic E-state index is 11.7. The second kappa shape index (κ2) is 7.84. The van der Waals surface area contributed by atoms with Crippen LogP contribution in [0.1, 0.15) is 38.5 Å². The molecule has 2 aliphatic rings. The number of carbonyl (C=O) groups is 1. The molecule has 2 fully saturated rings. The normalized spacial score (nSPS) is 26.4. The number of rotatable bonds is 5. The van der Waals surface area contributed by atoms with Gasteiger partial charge in [0.2, 0.25) is 0 Å². The summed E-state index contributed by atoms with van der Waals surface area (Å²) in [5.41, 5.74) is 5.57. The lowest BCUT2D eigenvalue weighted by Crippen LogP contribution is -2.52. The van der Waals surface area contributed by atoms with Crippen LogP contribution < -0.4 is 11.1 Å². The number of amides is 2. The van der Waals surface area contributed by atoms with Crippen LogP contribution in [0, 0.1) is 11.8 Å². The fourth-order valence-corrected chi connectivity index (χ4v) is 3.77. The number of nitrogens with one attached hydrogen (secondary N) is 1. The van der Waals surface area contributed by atoms with Gasteiger partial charge in [-0.1, -0.05) is 0 Å². The fraction of sp³-hybridized carbons (Fsp3) is 0.933. The van der Waals surface area contributed by atoms with Crippen LogP contribution in [0.4, 0.5) is 4.79 Å². The van der Waals surface area contributed by atoms with E-state index in [0.29, 0.717) is 12.0 Å². The number of nitrogens with zero attached hydrogens (tertiary/aromatic N) is 1. The first-order chi connectivity index (χ1) is 9.72. The van der Waals surface area contributed by atoms with Crippen LogP contribution in [0.25, 0.3) is 0 Å². The van der Waals surface area contributed by atoms with Gasteiger partial charge in [-0.25, -0.2) is 4.79 Å². The number of hydrogen-bond acceptors (Lipinski definition) is 3. The first-order valence-corrected chi connectivity index (χ1v) is 8.00. The molecular formula is C15H29N3O2.